The van der Waals surface area contributed by atoms with E-state index in [1.165, 1.54) is 23.9 Å². The number of para-hydroxylation sites is 1. The second-order valence-corrected chi connectivity index (χ2v) is 11.5. The molecule has 0 saturated carbocycles. The molecule has 2 amide bonds. The molecule has 0 bridgehead atoms. The monoisotopic (exact) mass is 538 g/mol. The third kappa shape index (κ3) is 5.94. The van der Waals surface area contributed by atoms with E-state index in [0.29, 0.717) is 25.4 Å². The zero-order chi connectivity index (χ0) is 27.4. The number of fused-ring (bicyclic) bond motifs is 1. The van der Waals surface area contributed by atoms with Gasteiger partial charge in [0.1, 0.15) is 18.2 Å². The lowest BCUT2D eigenvalue weighted by molar-refractivity contribution is -0.122. The van der Waals surface area contributed by atoms with Crippen molar-refractivity contribution >= 4 is 29.4 Å². The number of aromatic nitrogens is 2. The van der Waals surface area contributed by atoms with E-state index in [0.717, 1.165) is 28.1 Å². The number of ether oxygens (including phenoxy) is 1. The van der Waals surface area contributed by atoms with Gasteiger partial charge in [0.15, 0.2) is 0 Å². The number of amides is 2. The molecule has 0 radical (unpaired) electrons. The summed E-state index contributed by atoms with van der Waals surface area (Å²) in [6.07, 6.45) is 0.680. The molecule has 7 nitrogen and oxygen atoms in total. The Balaban J connectivity index is 1.91. The van der Waals surface area contributed by atoms with E-state index in [1.54, 1.807) is 24.1 Å². The molecule has 1 aromatic heterocycles. The molecule has 0 saturated heterocycles. The average Bonchev–Trinajstić information content (AvgIpc) is 3.21. The van der Waals surface area contributed by atoms with Gasteiger partial charge in [-0.1, -0.05) is 51.1 Å². The van der Waals surface area contributed by atoms with Gasteiger partial charge in [-0.2, -0.15) is 5.10 Å². The van der Waals surface area contributed by atoms with Crippen molar-refractivity contribution in [2.24, 2.45) is 0 Å². The highest BCUT2D eigenvalue weighted by Crippen LogP contribution is 2.48. The molecule has 1 atom stereocenters. The molecule has 1 N–H and O–H groups in total. The summed E-state index contributed by atoms with van der Waals surface area (Å²) >= 11 is 1.48. The summed E-state index contributed by atoms with van der Waals surface area (Å²) in [5, 5.41) is 7.73. The van der Waals surface area contributed by atoms with Gasteiger partial charge in [-0.05, 0) is 42.7 Å². The Morgan fingerprint density at radius 2 is 1.89 bits per heavy atom. The Kier molecular flexibility index (Phi) is 8.57. The van der Waals surface area contributed by atoms with Crippen LogP contribution in [-0.2, 0) is 19.7 Å². The van der Waals surface area contributed by atoms with Crippen LogP contribution in [0.1, 0.15) is 54.8 Å². The van der Waals surface area contributed by atoms with Crippen LogP contribution in [0.2, 0.25) is 0 Å². The van der Waals surface area contributed by atoms with E-state index in [2.05, 4.69) is 26.1 Å². The summed E-state index contributed by atoms with van der Waals surface area (Å²) in [4.78, 5) is 28.2. The Morgan fingerprint density at radius 1 is 1.18 bits per heavy atom. The molecule has 0 unspecified atom stereocenters. The maximum atomic E-state index is 13.8. The summed E-state index contributed by atoms with van der Waals surface area (Å²) in [6.45, 7) is 9.13. The average molecular weight is 539 g/mol. The van der Waals surface area contributed by atoms with Crippen LogP contribution < -0.4 is 10.2 Å². The first-order chi connectivity index (χ1) is 18.1. The van der Waals surface area contributed by atoms with Gasteiger partial charge < -0.3 is 10.1 Å². The van der Waals surface area contributed by atoms with Crippen LogP contribution in [0.25, 0.3) is 5.69 Å². The molecule has 3 aromatic rings. The predicted molar refractivity (Wildman–Crippen MR) is 150 cm³/mol. The van der Waals surface area contributed by atoms with Crippen LogP contribution in [0.15, 0.2) is 48.5 Å². The van der Waals surface area contributed by atoms with E-state index in [9.17, 15) is 14.0 Å². The van der Waals surface area contributed by atoms with Gasteiger partial charge in [-0.15, -0.1) is 11.8 Å². The molecular weight excluding hydrogens is 503 g/mol. The van der Waals surface area contributed by atoms with Crippen LogP contribution >= 0.6 is 11.8 Å². The summed E-state index contributed by atoms with van der Waals surface area (Å²) in [5.41, 5.74) is 4.05. The Morgan fingerprint density at radius 3 is 2.55 bits per heavy atom. The van der Waals surface area contributed by atoms with Crippen LogP contribution in [0.4, 0.5) is 10.2 Å². The number of aryl methyl sites for hydroxylation is 1. The molecule has 202 valence electrons. The summed E-state index contributed by atoms with van der Waals surface area (Å²) in [5.74, 6) is 0.0108. The maximum Gasteiger partial charge on any atom is 0.240 e. The summed E-state index contributed by atoms with van der Waals surface area (Å²) < 4.78 is 20.7. The van der Waals surface area contributed by atoms with Gasteiger partial charge in [0.2, 0.25) is 11.8 Å². The second-order valence-electron chi connectivity index (χ2n) is 10.5. The standard InChI is InChI=1S/C29H35FN4O3S/c1-19-9-6-7-10-22(19)34-28-25(27(32-34)29(2,3)4)26(20-11-13-21(30)14-12-20)38-18-24(36)33(28)17-23(35)31-15-8-16-37-5/h6-7,9-14,26H,8,15-18H2,1-5H3,(H,31,35)/t26-/m0/s1. The number of anilines is 1. The topological polar surface area (TPSA) is 76.5 Å². The first-order valence-corrected chi connectivity index (χ1v) is 13.8. The molecule has 1 aliphatic rings. The number of nitrogens with one attached hydrogen (secondary N) is 1. The lowest BCUT2D eigenvalue weighted by Gasteiger charge is -2.25. The minimum Gasteiger partial charge on any atom is -0.385 e. The van der Waals surface area contributed by atoms with Gasteiger partial charge in [0.05, 0.1) is 22.4 Å². The van der Waals surface area contributed by atoms with Crippen molar-refractivity contribution in [1.29, 1.82) is 0 Å². The van der Waals surface area contributed by atoms with Crippen molar-refractivity contribution in [1.82, 2.24) is 15.1 Å². The van der Waals surface area contributed by atoms with Gasteiger partial charge >= 0.3 is 0 Å². The molecular formula is C29H35FN4O3S. The van der Waals surface area contributed by atoms with Crippen LogP contribution in [0, 0.1) is 12.7 Å². The number of carbonyl (C=O) groups is 2. The molecule has 2 aromatic carbocycles. The quantitative estimate of drug-likeness (QED) is 0.411. The molecule has 2 heterocycles. The molecule has 0 fully saturated rings. The molecule has 0 spiro atoms. The number of halogens is 1. The largest absolute Gasteiger partial charge is 0.385 e. The molecule has 1 aliphatic heterocycles. The Hall–Kier alpha value is -3.17. The summed E-state index contributed by atoms with van der Waals surface area (Å²) in [7, 11) is 1.62. The maximum absolute atomic E-state index is 13.8. The van der Waals surface area contributed by atoms with Crippen molar-refractivity contribution in [3.8, 4) is 5.69 Å². The van der Waals surface area contributed by atoms with E-state index in [1.807, 2.05) is 35.9 Å². The van der Waals surface area contributed by atoms with E-state index in [-0.39, 0.29) is 40.6 Å². The van der Waals surface area contributed by atoms with E-state index >= 15 is 0 Å². The zero-order valence-corrected chi connectivity index (χ0v) is 23.4. The van der Waals surface area contributed by atoms with Crippen molar-refractivity contribution in [2.75, 3.05) is 37.5 Å². The number of thioether (sulfide) groups is 1. The van der Waals surface area contributed by atoms with Crippen molar-refractivity contribution in [3.05, 3.63) is 76.7 Å². The number of rotatable bonds is 8. The number of methoxy groups -OCH3 is 1. The lowest BCUT2D eigenvalue weighted by Crippen LogP contribution is -2.42. The highest BCUT2D eigenvalue weighted by molar-refractivity contribution is 8.00. The molecule has 38 heavy (non-hydrogen) atoms. The number of nitrogens with zero attached hydrogens (tertiary/aromatic N) is 3. The molecule has 0 aliphatic carbocycles. The summed E-state index contributed by atoms with van der Waals surface area (Å²) in [6, 6.07) is 14.3. The van der Waals surface area contributed by atoms with Crippen LogP contribution in [-0.4, -0.2) is 54.2 Å². The van der Waals surface area contributed by atoms with Crippen molar-refractivity contribution in [2.45, 2.75) is 44.8 Å². The smallest absolute Gasteiger partial charge is 0.240 e. The first-order valence-electron chi connectivity index (χ1n) is 12.7. The third-order valence-electron chi connectivity index (χ3n) is 6.46. The Labute approximate surface area is 227 Å². The van der Waals surface area contributed by atoms with Crippen molar-refractivity contribution in [3.63, 3.8) is 0 Å². The second kappa shape index (κ2) is 11.7. The fourth-order valence-corrected chi connectivity index (χ4v) is 5.79. The van der Waals surface area contributed by atoms with E-state index < -0.39 is 0 Å². The number of hydrogen-bond acceptors (Lipinski definition) is 5. The van der Waals surface area contributed by atoms with E-state index in [4.69, 9.17) is 9.84 Å². The van der Waals surface area contributed by atoms with Crippen molar-refractivity contribution < 1.29 is 18.7 Å². The van der Waals surface area contributed by atoms with Gasteiger partial charge in [0, 0.05) is 31.2 Å². The highest BCUT2D eigenvalue weighted by Gasteiger charge is 2.40. The van der Waals surface area contributed by atoms with Gasteiger partial charge in [-0.3, -0.25) is 14.5 Å². The predicted octanol–water partition coefficient (Wildman–Crippen LogP) is 4.94. The lowest BCUT2D eigenvalue weighted by atomic mass is 9.87. The molecule has 9 heteroatoms. The fraction of sp³-hybridized carbons (Fsp3) is 0.414. The van der Waals surface area contributed by atoms with Gasteiger partial charge in [-0.25, -0.2) is 9.07 Å². The zero-order valence-electron chi connectivity index (χ0n) is 22.6. The van der Waals surface area contributed by atoms with Crippen LogP contribution in [0.3, 0.4) is 0 Å². The third-order valence-corrected chi connectivity index (χ3v) is 7.72. The number of benzene rings is 2. The minimum atomic E-state index is -0.363. The van der Waals surface area contributed by atoms with Crippen LogP contribution in [0.5, 0.6) is 0 Å². The highest BCUT2D eigenvalue weighted by atomic mass is 32.2. The SMILES string of the molecule is COCCCNC(=O)CN1C(=O)CS[C@@H](c2ccc(F)cc2)c2c(C(C)(C)C)nn(-c3ccccc3C)c21. The fourth-order valence-electron chi connectivity index (χ4n) is 4.59. The number of carbonyl (C=O) groups excluding carboxylic acids is 2. The first kappa shape index (κ1) is 27.9. The molecule has 4 rings (SSSR count). The Bertz CT molecular complexity index is 1300. The minimum absolute atomic E-state index is 0.128. The number of hydrogen-bond donors (Lipinski definition) is 1. The normalized spacial score (nSPS) is 15.8. The van der Waals surface area contributed by atoms with Gasteiger partial charge in [0.25, 0.3) is 0 Å².